The fourth-order valence-electron chi connectivity index (χ4n) is 2.60. The fourth-order valence-corrected chi connectivity index (χ4v) is 2.78. The maximum Gasteiger partial charge on any atom is 0.338 e. The summed E-state index contributed by atoms with van der Waals surface area (Å²) in [5, 5.41) is 5.67. The van der Waals surface area contributed by atoms with Gasteiger partial charge in [0.25, 0.3) is 5.91 Å². The molecule has 0 aliphatic heterocycles. The van der Waals surface area contributed by atoms with Crippen LogP contribution in [-0.2, 0) is 23.9 Å². The fraction of sp³-hybridized carbons (Fsp3) is 0.333. The van der Waals surface area contributed by atoms with Crippen LogP contribution in [0, 0.1) is 5.92 Å². The standard InChI is InChI=1S/C24H27ClN2O6/c1-16(2)14-33-24(31)17-10-12-18(13-11-17)26-22(29)15-32-23(30)9-5-8-21(28)27-20-7-4-3-6-19(20)25/h3-4,6-7,10-13,16H,5,8-9,14-15H2,1-2H3,(H,26,29)(H,27,28). The van der Waals surface area contributed by atoms with E-state index in [-0.39, 0.29) is 31.1 Å². The molecule has 0 saturated heterocycles. The summed E-state index contributed by atoms with van der Waals surface area (Å²) >= 11 is 5.98. The number of hydrogen-bond acceptors (Lipinski definition) is 6. The largest absolute Gasteiger partial charge is 0.462 e. The van der Waals surface area contributed by atoms with E-state index in [0.717, 1.165) is 0 Å². The van der Waals surface area contributed by atoms with Crippen molar-refractivity contribution in [1.82, 2.24) is 0 Å². The summed E-state index contributed by atoms with van der Waals surface area (Å²) in [6.45, 7) is 3.76. The van der Waals surface area contributed by atoms with E-state index in [1.165, 1.54) is 12.1 Å². The topological polar surface area (TPSA) is 111 Å². The molecule has 0 radical (unpaired) electrons. The highest BCUT2D eigenvalue weighted by Gasteiger charge is 2.12. The Morgan fingerprint density at radius 3 is 2.24 bits per heavy atom. The van der Waals surface area contributed by atoms with Gasteiger partial charge in [0.2, 0.25) is 5.91 Å². The van der Waals surface area contributed by atoms with Crippen molar-refractivity contribution in [3.8, 4) is 0 Å². The van der Waals surface area contributed by atoms with Crippen LogP contribution in [0.1, 0.15) is 43.5 Å². The minimum atomic E-state index is -0.584. The molecule has 9 heteroatoms. The Kier molecular flexibility index (Phi) is 10.4. The van der Waals surface area contributed by atoms with E-state index in [1.54, 1.807) is 36.4 Å². The van der Waals surface area contributed by atoms with Gasteiger partial charge in [0.05, 0.1) is 22.9 Å². The first-order valence-electron chi connectivity index (χ1n) is 10.5. The molecule has 0 atom stereocenters. The van der Waals surface area contributed by atoms with Gasteiger partial charge in [-0.15, -0.1) is 0 Å². The molecule has 2 rings (SSSR count). The van der Waals surface area contributed by atoms with Crippen LogP contribution in [0.2, 0.25) is 5.02 Å². The first-order valence-corrected chi connectivity index (χ1v) is 10.9. The summed E-state index contributed by atoms with van der Waals surface area (Å²) in [5.41, 5.74) is 1.33. The molecule has 2 amide bonds. The molecule has 0 fully saturated rings. The van der Waals surface area contributed by atoms with Gasteiger partial charge in [0.15, 0.2) is 6.61 Å². The van der Waals surface area contributed by atoms with Crippen LogP contribution in [0.5, 0.6) is 0 Å². The van der Waals surface area contributed by atoms with Crippen molar-refractivity contribution in [3.05, 3.63) is 59.1 Å². The lowest BCUT2D eigenvalue weighted by Gasteiger charge is -2.09. The third-order valence-corrected chi connectivity index (χ3v) is 4.58. The molecule has 2 aromatic carbocycles. The number of amides is 2. The number of esters is 2. The average molecular weight is 475 g/mol. The van der Waals surface area contributed by atoms with Gasteiger partial charge in [0.1, 0.15) is 0 Å². The lowest BCUT2D eigenvalue weighted by molar-refractivity contribution is -0.147. The zero-order valence-electron chi connectivity index (χ0n) is 18.6. The number of halogens is 1. The number of anilines is 2. The Balaban J connectivity index is 1.65. The normalized spacial score (nSPS) is 10.4. The van der Waals surface area contributed by atoms with Gasteiger partial charge < -0.3 is 20.1 Å². The molecule has 33 heavy (non-hydrogen) atoms. The highest BCUT2D eigenvalue weighted by molar-refractivity contribution is 6.33. The molecular weight excluding hydrogens is 448 g/mol. The van der Waals surface area contributed by atoms with Gasteiger partial charge in [-0.2, -0.15) is 0 Å². The number of benzene rings is 2. The maximum absolute atomic E-state index is 12.0. The summed E-state index contributed by atoms with van der Waals surface area (Å²) in [5.74, 6) is -1.57. The van der Waals surface area contributed by atoms with Crippen LogP contribution < -0.4 is 10.6 Å². The molecule has 2 N–H and O–H groups in total. The van der Waals surface area contributed by atoms with Crippen molar-refractivity contribution < 1.29 is 28.7 Å². The molecule has 0 unspecified atom stereocenters. The van der Waals surface area contributed by atoms with Crippen LogP contribution in [-0.4, -0.2) is 37.0 Å². The van der Waals surface area contributed by atoms with Crippen LogP contribution in [0.25, 0.3) is 0 Å². The predicted molar refractivity (Wildman–Crippen MR) is 125 cm³/mol. The number of para-hydroxylation sites is 1. The molecule has 8 nitrogen and oxygen atoms in total. The van der Waals surface area contributed by atoms with E-state index in [4.69, 9.17) is 21.1 Å². The van der Waals surface area contributed by atoms with E-state index in [1.807, 2.05) is 13.8 Å². The van der Waals surface area contributed by atoms with Gasteiger partial charge in [-0.05, 0) is 48.7 Å². The number of nitrogens with one attached hydrogen (secondary N) is 2. The minimum Gasteiger partial charge on any atom is -0.462 e. The second-order valence-electron chi connectivity index (χ2n) is 7.66. The summed E-state index contributed by atoms with van der Waals surface area (Å²) in [6, 6.07) is 13.0. The van der Waals surface area contributed by atoms with E-state index >= 15 is 0 Å². The Morgan fingerprint density at radius 1 is 0.879 bits per heavy atom. The number of rotatable bonds is 11. The lowest BCUT2D eigenvalue weighted by atomic mass is 10.2. The molecular formula is C24H27ClN2O6. The zero-order chi connectivity index (χ0) is 24.2. The SMILES string of the molecule is CC(C)COC(=O)c1ccc(NC(=O)COC(=O)CCCC(=O)Nc2ccccc2Cl)cc1. The van der Waals surface area contributed by atoms with Crippen molar-refractivity contribution in [2.45, 2.75) is 33.1 Å². The number of ether oxygens (including phenoxy) is 2. The Hall–Kier alpha value is -3.39. The van der Waals surface area contributed by atoms with Gasteiger partial charge in [-0.1, -0.05) is 37.6 Å². The van der Waals surface area contributed by atoms with Gasteiger partial charge in [-0.3, -0.25) is 14.4 Å². The number of carbonyl (C=O) groups is 4. The summed E-state index contributed by atoms with van der Waals surface area (Å²) in [4.78, 5) is 47.6. The first-order chi connectivity index (χ1) is 15.7. The monoisotopic (exact) mass is 474 g/mol. The van der Waals surface area contributed by atoms with Crippen LogP contribution in [0.3, 0.4) is 0 Å². The molecule has 0 bridgehead atoms. The highest BCUT2D eigenvalue weighted by Crippen LogP contribution is 2.20. The Bertz CT molecular complexity index is 975. The average Bonchev–Trinajstić information content (AvgIpc) is 2.78. The predicted octanol–water partition coefficient (Wildman–Crippen LogP) is 4.44. The van der Waals surface area contributed by atoms with Crippen LogP contribution in [0.15, 0.2) is 48.5 Å². The smallest absolute Gasteiger partial charge is 0.338 e. The minimum absolute atomic E-state index is 0.00356. The first kappa shape index (κ1) is 25.9. The maximum atomic E-state index is 12.0. The zero-order valence-corrected chi connectivity index (χ0v) is 19.3. The second-order valence-corrected chi connectivity index (χ2v) is 8.07. The van der Waals surface area contributed by atoms with Gasteiger partial charge >= 0.3 is 11.9 Å². The third kappa shape index (κ3) is 9.74. The second kappa shape index (κ2) is 13.2. The van der Waals surface area contributed by atoms with Crippen molar-refractivity contribution in [1.29, 1.82) is 0 Å². The quantitative estimate of drug-likeness (QED) is 0.466. The molecule has 0 spiro atoms. The molecule has 0 aliphatic rings. The van der Waals surface area contributed by atoms with Gasteiger partial charge in [-0.25, -0.2) is 4.79 Å². The number of hydrogen-bond donors (Lipinski definition) is 2. The summed E-state index contributed by atoms with van der Waals surface area (Å²) in [6.07, 6.45) is 0.375. The van der Waals surface area contributed by atoms with Gasteiger partial charge in [0, 0.05) is 18.5 Å². The van der Waals surface area contributed by atoms with Crippen molar-refractivity contribution in [3.63, 3.8) is 0 Å². The Morgan fingerprint density at radius 2 is 1.58 bits per heavy atom. The molecule has 2 aromatic rings. The van der Waals surface area contributed by atoms with Crippen molar-refractivity contribution in [2.75, 3.05) is 23.8 Å². The highest BCUT2D eigenvalue weighted by atomic mass is 35.5. The van der Waals surface area contributed by atoms with Crippen LogP contribution in [0.4, 0.5) is 11.4 Å². The van der Waals surface area contributed by atoms with E-state index in [2.05, 4.69) is 10.6 Å². The van der Waals surface area contributed by atoms with Crippen molar-refractivity contribution >= 4 is 46.7 Å². The third-order valence-electron chi connectivity index (χ3n) is 4.25. The molecule has 0 aliphatic carbocycles. The Labute approximate surface area is 197 Å². The van der Waals surface area contributed by atoms with E-state index in [0.29, 0.717) is 28.6 Å². The number of carbonyl (C=O) groups excluding carboxylic acids is 4. The summed E-state index contributed by atoms with van der Waals surface area (Å²) < 4.78 is 10.1. The van der Waals surface area contributed by atoms with E-state index in [9.17, 15) is 19.2 Å². The van der Waals surface area contributed by atoms with E-state index < -0.39 is 24.5 Å². The lowest BCUT2D eigenvalue weighted by Crippen LogP contribution is -2.21. The molecule has 0 aromatic heterocycles. The molecule has 0 heterocycles. The molecule has 176 valence electrons. The summed E-state index contributed by atoms with van der Waals surface area (Å²) in [7, 11) is 0. The molecule has 0 saturated carbocycles. The van der Waals surface area contributed by atoms with Crippen molar-refractivity contribution in [2.24, 2.45) is 5.92 Å². The van der Waals surface area contributed by atoms with Crippen LogP contribution >= 0.6 is 11.6 Å².